The molecule has 0 amide bonds. The van der Waals surface area contributed by atoms with E-state index in [1.807, 2.05) is 24.3 Å². The molecule has 10 aromatic rings. The largest absolute Gasteiger partial charge is 0.456 e. The molecule has 0 bridgehead atoms. The molecule has 0 saturated heterocycles. The van der Waals surface area contributed by atoms with Gasteiger partial charge in [0.1, 0.15) is 11.2 Å². The van der Waals surface area contributed by atoms with Crippen molar-refractivity contribution in [1.82, 2.24) is 9.97 Å². The van der Waals surface area contributed by atoms with Crippen LogP contribution >= 0.6 is 11.3 Å². The van der Waals surface area contributed by atoms with E-state index >= 15 is 0 Å². The van der Waals surface area contributed by atoms with Crippen molar-refractivity contribution in [3.05, 3.63) is 158 Å². The Balaban J connectivity index is 1.21. The average Bonchev–Trinajstić information content (AvgIpc) is 3.73. The molecule has 4 heteroatoms. The van der Waals surface area contributed by atoms with Gasteiger partial charge in [-0.3, -0.25) is 0 Å². The molecule has 0 saturated carbocycles. The molecule has 0 fully saturated rings. The van der Waals surface area contributed by atoms with Crippen LogP contribution in [0.3, 0.4) is 0 Å². The quantitative estimate of drug-likeness (QED) is 0.194. The highest BCUT2D eigenvalue weighted by atomic mass is 32.1. The van der Waals surface area contributed by atoms with Gasteiger partial charge in [-0.15, -0.1) is 11.3 Å². The first-order chi connectivity index (χ1) is 23.8. The summed E-state index contributed by atoms with van der Waals surface area (Å²) in [4.78, 5) is 10.6. The minimum atomic E-state index is 0.709. The zero-order chi connectivity index (χ0) is 31.6. The van der Waals surface area contributed by atoms with Crippen LogP contribution in [0.1, 0.15) is 0 Å². The standard InChI is InChI=1S/C44H26N2OS/c1-2-9-27(10-3-1)29-17-20-30(21-18-29)44-45-41-35-24-23-33(32-22-19-28-11-4-5-12-31(28)25-32)26-39(35)48-43(41)42(46-44)36-14-8-16-38-40(36)34-13-6-7-15-37(34)47-38/h1-26H. The number of fused-ring (bicyclic) bond motifs is 7. The molecule has 0 unspecified atom stereocenters. The van der Waals surface area contributed by atoms with E-state index in [-0.39, 0.29) is 0 Å². The fraction of sp³-hybridized carbons (Fsp3) is 0. The van der Waals surface area contributed by atoms with Crippen LogP contribution in [0.15, 0.2) is 162 Å². The first-order valence-corrected chi connectivity index (χ1v) is 16.9. The Bertz CT molecular complexity index is 2830. The molecule has 0 aliphatic carbocycles. The summed E-state index contributed by atoms with van der Waals surface area (Å²) >= 11 is 1.76. The molecule has 0 atom stereocenters. The van der Waals surface area contributed by atoms with Gasteiger partial charge in [-0.25, -0.2) is 9.97 Å². The van der Waals surface area contributed by atoms with Gasteiger partial charge in [0.05, 0.1) is 15.9 Å². The predicted octanol–water partition coefficient (Wildman–Crippen LogP) is 12.6. The van der Waals surface area contributed by atoms with Gasteiger partial charge in [0, 0.05) is 32.0 Å². The minimum absolute atomic E-state index is 0.709. The van der Waals surface area contributed by atoms with Crippen LogP contribution in [-0.4, -0.2) is 9.97 Å². The van der Waals surface area contributed by atoms with Crippen LogP contribution in [0.5, 0.6) is 0 Å². The lowest BCUT2D eigenvalue weighted by atomic mass is 10.00. The molecule has 0 aliphatic rings. The van der Waals surface area contributed by atoms with E-state index in [4.69, 9.17) is 14.4 Å². The smallest absolute Gasteiger partial charge is 0.160 e. The molecule has 7 aromatic carbocycles. The van der Waals surface area contributed by atoms with Crippen LogP contribution < -0.4 is 0 Å². The molecule has 10 rings (SSSR count). The van der Waals surface area contributed by atoms with Crippen molar-refractivity contribution < 1.29 is 4.42 Å². The summed E-state index contributed by atoms with van der Waals surface area (Å²) in [6.45, 7) is 0. The number of rotatable bonds is 4. The van der Waals surface area contributed by atoms with Crippen LogP contribution in [0.2, 0.25) is 0 Å². The van der Waals surface area contributed by atoms with Crippen molar-refractivity contribution >= 4 is 64.4 Å². The monoisotopic (exact) mass is 630 g/mol. The second kappa shape index (κ2) is 10.7. The molecule has 3 aromatic heterocycles. The number of furan rings is 1. The van der Waals surface area contributed by atoms with Crippen molar-refractivity contribution in [3.63, 3.8) is 0 Å². The van der Waals surface area contributed by atoms with Gasteiger partial charge in [0.25, 0.3) is 0 Å². The third kappa shape index (κ3) is 4.34. The van der Waals surface area contributed by atoms with Gasteiger partial charge in [-0.2, -0.15) is 0 Å². The second-order valence-electron chi connectivity index (χ2n) is 12.2. The molecule has 0 spiro atoms. The maximum atomic E-state index is 6.31. The zero-order valence-electron chi connectivity index (χ0n) is 25.7. The number of hydrogen-bond acceptors (Lipinski definition) is 4. The van der Waals surface area contributed by atoms with E-state index in [1.54, 1.807) is 11.3 Å². The molecule has 3 nitrogen and oxygen atoms in total. The molecule has 3 heterocycles. The summed E-state index contributed by atoms with van der Waals surface area (Å²) in [6.07, 6.45) is 0. The lowest BCUT2D eigenvalue weighted by molar-refractivity contribution is 0.669. The SMILES string of the molecule is c1ccc(-c2ccc(-c3nc(-c4cccc5oc6ccccc6c45)c4sc5cc(-c6ccc7ccccc7c6)ccc5c4n3)cc2)cc1. The van der Waals surface area contributed by atoms with E-state index in [0.29, 0.717) is 5.82 Å². The van der Waals surface area contributed by atoms with Gasteiger partial charge in [0.15, 0.2) is 5.82 Å². The maximum Gasteiger partial charge on any atom is 0.160 e. The van der Waals surface area contributed by atoms with Crippen molar-refractivity contribution in [2.45, 2.75) is 0 Å². The molecular weight excluding hydrogens is 605 g/mol. The maximum absolute atomic E-state index is 6.31. The summed E-state index contributed by atoms with van der Waals surface area (Å²) < 4.78 is 8.57. The van der Waals surface area contributed by atoms with E-state index in [9.17, 15) is 0 Å². The third-order valence-electron chi connectivity index (χ3n) is 9.30. The van der Waals surface area contributed by atoms with E-state index < -0.39 is 0 Å². The topological polar surface area (TPSA) is 38.9 Å². The Kier molecular flexibility index (Phi) is 6.05. The summed E-state index contributed by atoms with van der Waals surface area (Å²) in [5.74, 6) is 0.709. The van der Waals surface area contributed by atoms with E-state index in [1.165, 1.54) is 32.2 Å². The Labute approximate surface area is 280 Å². The summed E-state index contributed by atoms with van der Waals surface area (Å²) in [7, 11) is 0. The first kappa shape index (κ1) is 27.1. The Morgan fingerprint density at radius 1 is 0.458 bits per heavy atom. The van der Waals surface area contributed by atoms with Crippen LogP contribution in [-0.2, 0) is 0 Å². The normalized spacial score (nSPS) is 11.8. The number of thiophene rings is 1. The molecular formula is C44H26N2OS. The summed E-state index contributed by atoms with van der Waals surface area (Å²) in [5, 5.41) is 5.78. The number of nitrogens with zero attached hydrogens (tertiary/aromatic N) is 2. The van der Waals surface area contributed by atoms with Gasteiger partial charge in [-0.1, -0.05) is 133 Å². The van der Waals surface area contributed by atoms with Gasteiger partial charge in [0.2, 0.25) is 0 Å². The highest BCUT2D eigenvalue weighted by Crippen LogP contribution is 2.44. The lowest BCUT2D eigenvalue weighted by Crippen LogP contribution is -1.94. The summed E-state index contributed by atoms with van der Waals surface area (Å²) in [6, 6.07) is 55.5. The zero-order valence-corrected chi connectivity index (χ0v) is 26.5. The fourth-order valence-corrected chi connectivity index (χ4v) is 8.10. The van der Waals surface area contributed by atoms with Crippen LogP contribution in [0, 0.1) is 0 Å². The van der Waals surface area contributed by atoms with Gasteiger partial charge in [-0.05, 0) is 57.3 Å². The second-order valence-corrected chi connectivity index (χ2v) is 13.2. The first-order valence-electron chi connectivity index (χ1n) is 16.1. The highest BCUT2D eigenvalue weighted by Gasteiger charge is 2.21. The van der Waals surface area contributed by atoms with Crippen LogP contribution in [0.25, 0.3) is 97.9 Å². The minimum Gasteiger partial charge on any atom is -0.456 e. The fourth-order valence-electron chi connectivity index (χ4n) is 6.92. The van der Waals surface area contributed by atoms with Crippen molar-refractivity contribution in [2.75, 3.05) is 0 Å². The molecule has 0 radical (unpaired) electrons. The van der Waals surface area contributed by atoms with Crippen molar-refractivity contribution in [2.24, 2.45) is 0 Å². The average molecular weight is 631 g/mol. The number of para-hydroxylation sites is 1. The van der Waals surface area contributed by atoms with Crippen LogP contribution in [0.4, 0.5) is 0 Å². The lowest BCUT2D eigenvalue weighted by Gasteiger charge is -2.09. The molecule has 224 valence electrons. The number of benzene rings is 7. The van der Waals surface area contributed by atoms with E-state index in [0.717, 1.165) is 59.9 Å². The molecule has 0 N–H and O–H groups in total. The Morgan fingerprint density at radius 2 is 1.15 bits per heavy atom. The van der Waals surface area contributed by atoms with E-state index in [2.05, 4.69) is 133 Å². The highest BCUT2D eigenvalue weighted by molar-refractivity contribution is 7.26. The number of aromatic nitrogens is 2. The van der Waals surface area contributed by atoms with Crippen molar-refractivity contribution in [1.29, 1.82) is 0 Å². The predicted molar refractivity (Wildman–Crippen MR) is 201 cm³/mol. The molecule has 0 aliphatic heterocycles. The Hall–Kier alpha value is -6.10. The Morgan fingerprint density at radius 3 is 2.04 bits per heavy atom. The van der Waals surface area contributed by atoms with Gasteiger partial charge < -0.3 is 4.42 Å². The third-order valence-corrected chi connectivity index (χ3v) is 10.5. The summed E-state index contributed by atoms with van der Waals surface area (Å²) in [5.41, 5.74) is 10.4. The molecule has 48 heavy (non-hydrogen) atoms. The van der Waals surface area contributed by atoms with Gasteiger partial charge >= 0.3 is 0 Å². The van der Waals surface area contributed by atoms with Crippen molar-refractivity contribution in [3.8, 4) is 44.9 Å². The number of hydrogen-bond donors (Lipinski definition) is 0.